The number of alkyl halides is 1. The van der Waals surface area contributed by atoms with Crippen molar-refractivity contribution in [1.82, 2.24) is 14.9 Å². The monoisotopic (exact) mass is 564 g/mol. The molecule has 3 fully saturated rings. The molecule has 2 aromatic heterocycles. The van der Waals surface area contributed by atoms with Crippen LogP contribution in [-0.2, 0) is 0 Å². The number of hydrogen-bond acceptors (Lipinski definition) is 5. The zero-order valence-corrected chi connectivity index (χ0v) is 24.8. The number of benzene rings is 1. The van der Waals surface area contributed by atoms with Crippen LogP contribution in [-0.4, -0.2) is 50.5 Å². The van der Waals surface area contributed by atoms with Gasteiger partial charge in [0.1, 0.15) is 22.7 Å². The van der Waals surface area contributed by atoms with E-state index in [0.29, 0.717) is 22.3 Å². The Balaban J connectivity index is 0.000000161. The number of pyridine rings is 1. The van der Waals surface area contributed by atoms with Crippen molar-refractivity contribution in [2.75, 3.05) is 25.4 Å². The number of anilines is 1. The van der Waals surface area contributed by atoms with Gasteiger partial charge in [-0.15, -0.1) is 11.6 Å². The molecule has 214 valence electrons. The van der Waals surface area contributed by atoms with Gasteiger partial charge in [0, 0.05) is 34.8 Å². The average Bonchev–Trinajstić information content (AvgIpc) is 3.33. The van der Waals surface area contributed by atoms with Crippen molar-refractivity contribution in [3.63, 3.8) is 0 Å². The number of carbonyl (C=O) groups is 1. The number of fused-ring (bicyclic) bond motifs is 1. The van der Waals surface area contributed by atoms with Crippen molar-refractivity contribution < 1.29 is 14.6 Å². The van der Waals surface area contributed by atoms with Crippen molar-refractivity contribution in [3.05, 3.63) is 59.4 Å². The zero-order chi connectivity index (χ0) is 28.7. The quantitative estimate of drug-likeness (QED) is 0.147. The Labute approximate surface area is 241 Å². The molecule has 0 spiro atoms. The van der Waals surface area contributed by atoms with E-state index in [9.17, 15) is 4.79 Å². The molecule has 0 unspecified atom stereocenters. The molecule has 2 heterocycles. The van der Waals surface area contributed by atoms with Crippen LogP contribution in [0.3, 0.4) is 0 Å². The Kier molecular flexibility index (Phi) is 7.66. The third-order valence-corrected chi connectivity index (χ3v) is 9.34. The Morgan fingerprint density at radius 1 is 1.18 bits per heavy atom. The number of halogens is 1. The summed E-state index contributed by atoms with van der Waals surface area (Å²) in [4.78, 5) is 21.1. The number of allylic oxidation sites excluding steroid dienone is 1. The summed E-state index contributed by atoms with van der Waals surface area (Å²) in [5, 5.41) is 10.0. The highest BCUT2D eigenvalue weighted by atomic mass is 35.5. The number of nitrogens with zero attached hydrogens (tertiary/aromatic N) is 2. The van der Waals surface area contributed by atoms with Crippen LogP contribution in [0.1, 0.15) is 76.6 Å². The lowest BCUT2D eigenvalue weighted by atomic mass is 9.39. The number of carboxylic acids is 1. The number of nitrogens with two attached hydrogens (primary N) is 1. The second-order valence-corrected chi connectivity index (χ2v) is 13.4. The minimum absolute atomic E-state index is 0.0494. The molecule has 0 saturated heterocycles. The molecule has 8 heteroatoms. The number of hydrogen-bond donors (Lipinski definition) is 3. The summed E-state index contributed by atoms with van der Waals surface area (Å²) >= 11 is 6.53. The predicted octanol–water partition coefficient (Wildman–Crippen LogP) is 7.63. The number of nitrogens with one attached hydrogen (secondary N) is 1. The summed E-state index contributed by atoms with van der Waals surface area (Å²) in [7, 11) is 0. The van der Waals surface area contributed by atoms with Crippen molar-refractivity contribution in [1.29, 1.82) is 0 Å². The highest BCUT2D eigenvalue weighted by molar-refractivity contribution is 6.26. The van der Waals surface area contributed by atoms with Crippen LogP contribution in [0.4, 0.5) is 5.69 Å². The summed E-state index contributed by atoms with van der Waals surface area (Å²) in [6, 6.07) is 8.03. The van der Waals surface area contributed by atoms with Gasteiger partial charge >= 0.3 is 5.97 Å². The fourth-order valence-electron chi connectivity index (χ4n) is 6.67. The molecule has 4 aliphatic rings. The molecule has 4 aliphatic carbocycles. The molecule has 7 rings (SSSR count). The first-order valence-corrected chi connectivity index (χ1v) is 14.7. The van der Waals surface area contributed by atoms with Crippen LogP contribution >= 0.6 is 11.6 Å². The van der Waals surface area contributed by atoms with Gasteiger partial charge in [0.25, 0.3) is 0 Å². The Bertz CT molecular complexity index is 1420. The fraction of sp³-hybridized carbons (Fsp3) is 0.500. The van der Waals surface area contributed by atoms with Crippen LogP contribution in [0.25, 0.3) is 11.0 Å². The second-order valence-electron chi connectivity index (χ2n) is 12.6. The molecule has 0 aliphatic heterocycles. The molecule has 40 heavy (non-hydrogen) atoms. The molecule has 0 radical (unpaired) electrons. The number of aromatic nitrogens is 2. The number of nitrogen functional groups attached to an aromatic ring is 1. The smallest absolute Gasteiger partial charge is 0.339 e. The minimum atomic E-state index is -1.07. The fourth-order valence-corrected chi connectivity index (χ4v) is 7.44. The molecule has 3 saturated carbocycles. The number of H-pyrrole nitrogens is 1. The summed E-state index contributed by atoms with van der Waals surface area (Å²) < 4.78 is 5.59. The summed E-state index contributed by atoms with van der Waals surface area (Å²) in [6.45, 7) is 13.0. The summed E-state index contributed by atoms with van der Waals surface area (Å²) in [5.41, 5.74) is 11.5. The van der Waals surface area contributed by atoms with E-state index in [4.69, 9.17) is 27.2 Å². The third-order valence-electron chi connectivity index (χ3n) is 8.94. The van der Waals surface area contributed by atoms with Crippen LogP contribution in [0.2, 0.25) is 0 Å². The molecular weight excluding hydrogens is 524 g/mol. The van der Waals surface area contributed by atoms with Gasteiger partial charge in [-0.1, -0.05) is 38.8 Å². The molecule has 3 aromatic rings. The van der Waals surface area contributed by atoms with Crippen LogP contribution < -0.4 is 10.5 Å². The van der Waals surface area contributed by atoms with Crippen LogP contribution in [0.5, 0.6) is 11.5 Å². The number of ether oxygens (including phenoxy) is 1. The first-order chi connectivity index (χ1) is 18.9. The molecule has 0 atom stereocenters. The molecule has 7 nitrogen and oxygen atoms in total. The lowest BCUT2D eigenvalue weighted by Gasteiger charge is -2.70. The number of likely N-dealkylation sites (N-methyl/N-ethyl adjacent to an activating group) is 1. The summed E-state index contributed by atoms with van der Waals surface area (Å²) in [5.74, 6) is -0.435. The number of rotatable bonds is 8. The van der Waals surface area contributed by atoms with E-state index in [2.05, 4.69) is 42.6 Å². The molecule has 1 aromatic carbocycles. The molecule has 2 bridgehead atoms. The van der Waals surface area contributed by atoms with E-state index in [0.717, 1.165) is 11.0 Å². The van der Waals surface area contributed by atoms with Gasteiger partial charge in [-0.25, -0.2) is 9.78 Å². The molecular formula is C32H41ClN4O3. The largest absolute Gasteiger partial charge is 0.478 e. The van der Waals surface area contributed by atoms with Gasteiger partial charge in [-0.3, -0.25) is 4.90 Å². The predicted molar refractivity (Wildman–Crippen MR) is 161 cm³/mol. The first kappa shape index (κ1) is 28.5. The highest BCUT2D eigenvalue weighted by Crippen LogP contribution is 2.75. The number of aromatic amines is 1. The van der Waals surface area contributed by atoms with Crippen molar-refractivity contribution in [2.24, 2.45) is 10.8 Å². The van der Waals surface area contributed by atoms with E-state index in [-0.39, 0.29) is 16.2 Å². The standard InChI is InChI=1S/C18H30ClN.C14H11N3O3/c1-5-20(6-2)10-14-7-8-16(3,4)9-15(14)17-11-18(19,12-17)13-17;15-9-1-2-11(14(18)19)12(6-9)20-10-5-8-3-4-16-13(8)17-7-10/h5-13H2,1-4H3;1-7H,15H2,(H,16,17)(H,18,19). The van der Waals surface area contributed by atoms with Gasteiger partial charge in [-0.05, 0) is 86.7 Å². The maximum absolute atomic E-state index is 11.2. The van der Waals surface area contributed by atoms with Gasteiger partial charge in [0.2, 0.25) is 0 Å². The van der Waals surface area contributed by atoms with E-state index < -0.39 is 5.97 Å². The van der Waals surface area contributed by atoms with E-state index >= 15 is 0 Å². The van der Waals surface area contributed by atoms with Gasteiger partial charge in [0.15, 0.2) is 0 Å². The maximum Gasteiger partial charge on any atom is 0.339 e. The lowest BCUT2D eigenvalue weighted by Crippen LogP contribution is -2.65. The van der Waals surface area contributed by atoms with Crippen molar-refractivity contribution in [2.45, 2.75) is 71.1 Å². The Hall–Kier alpha value is -3.03. The number of aromatic carboxylic acids is 1. The van der Waals surface area contributed by atoms with Crippen molar-refractivity contribution in [3.8, 4) is 11.5 Å². The van der Waals surface area contributed by atoms with E-state index in [1.807, 2.05) is 11.6 Å². The highest BCUT2D eigenvalue weighted by Gasteiger charge is 2.69. The van der Waals surface area contributed by atoms with E-state index in [1.54, 1.807) is 17.8 Å². The second kappa shape index (κ2) is 10.7. The topological polar surface area (TPSA) is 104 Å². The minimum Gasteiger partial charge on any atom is -0.478 e. The van der Waals surface area contributed by atoms with Crippen LogP contribution in [0.15, 0.2) is 53.9 Å². The van der Waals surface area contributed by atoms with Crippen LogP contribution in [0, 0.1) is 10.8 Å². The molecule has 4 N–H and O–H groups in total. The lowest BCUT2D eigenvalue weighted by molar-refractivity contribution is -0.0535. The normalized spacial score (nSPS) is 24.6. The SMILES string of the molecule is CCN(CC)CC1=C(C23CC(Cl)(C2)C3)CC(C)(C)CC1.Nc1ccc(C(=O)O)c(Oc2cnc3[nH]ccc3c2)c1. The van der Waals surface area contributed by atoms with Gasteiger partial charge in [-0.2, -0.15) is 0 Å². The maximum atomic E-state index is 11.2. The van der Waals surface area contributed by atoms with Gasteiger partial charge in [0.05, 0.1) is 6.20 Å². The Morgan fingerprint density at radius 2 is 1.90 bits per heavy atom. The third kappa shape index (κ3) is 5.72. The molecule has 0 amide bonds. The average molecular weight is 565 g/mol. The number of carboxylic acid groups (broad SMARTS) is 1. The van der Waals surface area contributed by atoms with E-state index in [1.165, 1.54) is 82.6 Å². The zero-order valence-electron chi connectivity index (χ0n) is 24.0. The summed E-state index contributed by atoms with van der Waals surface area (Å²) in [6.07, 6.45) is 11.1. The van der Waals surface area contributed by atoms with Crippen molar-refractivity contribution >= 4 is 34.3 Å². The Morgan fingerprint density at radius 3 is 2.55 bits per heavy atom. The van der Waals surface area contributed by atoms with Gasteiger partial charge < -0.3 is 20.6 Å². The first-order valence-electron chi connectivity index (χ1n) is 14.3.